The molecule has 0 fully saturated rings. The van der Waals surface area contributed by atoms with Gasteiger partial charge >= 0.3 is 0 Å². The van der Waals surface area contributed by atoms with Gasteiger partial charge in [-0.15, -0.1) is 0 Å². The minimum absolute atomic E-state index is 0.0903. The quantitative estimate of drug-likeness (QED) is 0.499. The minimum atomic E-state index is -0.535. The molecule has 0 saturated heterocycles. The first-order valence-corrected chi connectivity index (χ1v) is 8.01. The number of carbonyl (C=O) groups is 2. The van der Waals surface area contributed by atoms with Crippen LogP contribution in [0.25, 0.3) is 0 Å². The Labute approximate surface area is 150 Å². The fourth-order valence-electron chi connectivity index (χ4n) is 2.87. The van der Waals surface area contributed by atoms with E-state index >= 15 is 0 Å². The number of hydrogen-bond acceptors (Lipinski definition) is 5. The van der Waals surface area contributed by atoms with Crippen molar-refractivity contribution in [3.8, 4) is 5.75 Å². The molecule has 1 atom stereocenters. The fraction of sp³-hybridized carbons (Fsp3) is 0.158. The summed E-state index contributed by atoms with van der Waals surface area (Å²) in [6.07, 6.45) is 0. The van der Waals surface area contributed by atoms with Gasteiger partial charge < -0.3 is 15.7 Å². The van der Waals surface area contributed by atoms with Gasteiger partial charge in [-0.25, -0.2) is 5.48 Å². The summed E-state index contributed by atoms with van der Waals surface area (Å²) in [5.74, 6) is -0.890. The normalized spacial score (nSPS) is 18.1. The molecule has 1 aliphatic rings. The van der Waals surface area contributed by atoms with E-state index in [4.69, 9.17) is 0 Å². The van der Waals surface area contributed by atoms with Crippen LogP contribution >= 0.6 is 0 Å². The van der Waals surface area contributed by atoms with Crippen LogP contribution in [0.15, 0.2) is 59.8 Å². The van der Waals surface area contributed by atoms with Gasteiger partial charge in [-0.05, 0) is 19.1 Å². The van der Waals surface area contributed by atoms with Crippen LogP contribution in [0.2, 0.25) is 0 Å². The van der Waals surface area contributed by atoms with E-state index in [1.165, 1.54) is 14.0 Å². The SMILES string of the molecule is CONC(=O)C(C)=C1NC(c2ccccc2O)c2ccccc2NC1=O. The molecule has 0 bridgehead atoms. The van der Waals surface area contributed by atoms with Gasteiger partial charge in [0.1, 0.15) is 11.4 Å². The van der Waals surface area contributed by atoms with Crippen molar-refractivity contribution in [1.29, 1.82) is 0 Å². The highest BCUT2D eigenvalue weighted by molar-refractivity contribution is 6.10. The second-order valence-corrected chi connectivity index (χ2v) is 5.81. The first kappa shape index (κ1) is 17.5. The van der Waals surface area contributed by atoms with Crippen molar-refractivity contribution in [1.82, 2.24) is 10.8 Å². The van der Waals surface area contributed by atoms with Crippen LogP contribution in [-0.2, 0) is 14.4 Å². The first-order chi connectivity index (χ1) is 12.5. The van der Waals surface area contributed by atoms with Gasteiger partial charge in [0.25, 0.3) is 11.8 Å². The predicted octanol–water partition coefficient (Wildman–Crippen LogP) is 1.97. The molecule has 0 spiro atoms. The molecule has 1 heterocycles. The van der Waals surface area contributed by atoms with E-state index in [1.807, 2.05) is 12.1 Å². The Bertz CT molecular complexity index is 892. The Kier molecular flexibility index (Phi) is 4.90. The molecule has 0 radical (unpaired) electrons. The monoisotopic (exact) mass is 353 g/mol. The van der Waals surface area contributed by atoms with Crippen molar-refractivity contribution in [2.75, 3.05) is 12.4 Å². The summed E-state index contributed by atoms with van der Waals surface area (Å²) in [6.45, 7) is 1.52. The highest BCUT2D eigenvalue weighted by atomic mass is 16.6. The van der Waals surface area contributed by atoms with E-state index in [0.717, 1.165) is 5.56 Å². The van der Waals surface area contributed by atoms with Gasteiger partial charge in [-0.2, -0.15) is 0 Å². The van der Waals surface area contributed by atoms with E-state index in [-0.39, 0.29) is 17.0 Å². The third-order valence-corrected chi connectivity index (χ3v) is 4.19. The number of hydroxylamine groups is 1. The average Bonchev–Trinajstić information content (AvgIpc) is 2.78. The Balaban J connectivity index is 2.15. The number of aromatic hydroxyl groups is 1. The van der Waals surface area contributed by atoms with Crippen molar-refractivity contribution in [3.63, 3.8) is 0 Å². The molecule has 1 unspecified atom stereocenters. The maximum absolute atomic E-state index is 12.7. The Morgan fingerprint density at radius 2 is 1.77 bits per heavy atom. The molecule has 0 aliphatic carbocycles. The van der Waals surface area contributed by atoms with Crippen molar-refractivity contribution < 1.29 is 19.5 Å². The lowest BCUT2D eigenvalue weighted by Gasteiger charge is -2.21. The van der Waals surface area contributed by atoms with Crippen LogP contribution in [0.5, 0.6) is 5.75 Å². The number of carbonyl (C=O) groups excluding carboxylic acids is 2. The van der Waals surface area contributed by atoms with Crippen LogP contribution in [0, 0.1) is 0 Å². The largest absolute Gasteiger partial charge is 0.508 e. The molecule has 134 valence electrons. The maximum Gasteiger partial charge on any atom is 0.272 e. The van der Waals surface area contributed by atoms with E-state index in [9.17, 15) is 14.7 Å². The van der Waals surface area contributed by atoms with Gasteiger partial charge in [0.05, 0.1) is 13.2 Å². The number of benzene rings is 2. The highest BCUT2D eigenvalue weighted by Gasteiger charge is 2.29. The topological polar surface area (TPSA) is 99.7 Å². The molecule has 7 heteroatoms. The molecule has 2 aromatic rings. The number of para-hydroxylation sites is 2. The van der Waals surface area contributed by atoms with Crippen molar-refractivity contribution >= 4 is 17.5 Å². The molecule has 3 rings (SSSR count). The summed E-state index contributed by atoms with van der Waals surface area (Å²) in [4.78, 5) is 29.4. The number of amides is 2. The number of nitrogens with one attached hydrogen (secondary N) is 3. The van der Waals surface area contributed by atoms with Crippen LogP contribution in [0.3, 0.4) is 0 Å². The number of rotatable bonds is 3. The molecule has 7 nitrogen and oxygen atoms in total. The molecule has 0 saturated carbocycles. The van der Waals surface area contributed by atoms with Crippen LogP contribution in [0.4, 0.5) is 5.69 Å². The van der Waals surface area contributed by atoms with Gasteiger partial charge in [-0.1, -0.05) is 36.4 Å². The summed E-state index contributed by atoms with van der Waals surface area (Å²) in [5.41, 5.74) is 4.44. The van der Waals surface area contributed by atoms with Gasteiger partial charge in [0.15, 0.2) is 0 Å². The zero-order valence-corrected chi connectivity index (χ0v) is 14.4. The lowest BCUT2D eigenvalue weighted by Crippen LogP contribution is -2.32. The van der Waals surface area contributed by atoms with Crippen LogP contribution in [-0.4, -0.2) is 24.0 Å². The Hall–Kier alpha value is -3.32. The Morgan fingerprint density at radius 1 is 1.12 bits per heavy atom. The molecular weight excluding hydrogens is 334 g/mol. The molecule has 2 amide bonds. The molecule has 26 heavy (non-hydrogen) atoms. The van der Waals surface area contributed by atoms with Crippen molar-refractivity contribution in [2.24, 2.45) is 0 Å². The summed E-state index contributed by atoms with van der Waals surface area (Å²) in [7, 11) is 1.32. The molecule has 4 N–H and O–H groups in total. The zero-order chi connectivity index (χ0) is 18.7. The van der Waals surface area contributed by atoms with E-state index in [0.29, 0.717) is 11.3 Å². The fourth-order valence-corrected chi connectivity index (χ4v) is 2.87. The molecule has 2 aromatic carbocycles. The number of phenolic OH excluding ortho intramolecular Hbond substituents is 1. The third-order valence-electron chi connectivity index (χ3n) is 4.19. The van der Waals surface area contributed by atoms with E-state index < -0.39 is 17.9 Å². The highest BCUT2D eigenvalue weighted by Crippen LogP contribution is 2.36. The summed E-state index contributed by atoms with van der Waals surface area (Å²) in [6, 6.07) is 13.6. The number of hydrogen-bond donors (Lipinski definition) is 4. The summed E-state index contributed by atoms with van der Waals surface area (Å²) >= 11 is 0. The van der Waals surface area contributed by atoms with Crippen molar-refractivity contribution in [3.05, 3.63) is 70.9 Å². The summed E-state index contributed by atoms with van der Waals surface area (Å²) in [5, 5.41) is 16.2. The number of anilines is 1. The minimum Gasteiger partial charge on any atom is -0.508 e. The van der Waals surface area contributed by atoms with E-state index in [2.05, 4.69) is 21.0 Å². The smallest absolute Gasteiger partial charge is 0.272 e. The number of phenols is 1. The van der Waals surface area contributed by atoms with Crippen LogP contribution in [0.1, 0.15) is 24.1 Å². The molecule has 1 aliphatic heterocycles. The average molecular weight is 353 g/mol. The van der Waals surface area contributed by atoms with Gasteiger partial charge in [0.2, 0.25) is 0 Å². The summed E-state index contributed by atoms with van der Waals surface area (Å²) < 4.78 is 0. The Morgan fingerprint density at radius 3 is 2.46 bits per heavy atom. The second-order valence-electron chi connectivity index (χ2n) is 5.81. The molecular formula is C19H19N3O4. The zero-order valence-electron chi connectivity index (χ0n) is 14.4. The lowest BCUT2D eigenvalue weighted by atomic mass is 9.96. The predicted molar refractivity (Wildman–Crippen MR) is 96.0 cm³/mol. The first-order valence-electron chi connectivity index (χ1n) is 8.01. The lowest BCUT2D eigenvalue weighted by molar-refractivity contribution is -0.127. The maximum atomic E-state index is 12.7. The second kappa shape index (κ2) is 7.28. The van der Waals surface area contributed by atoms with Crippen LogP contribution < -0.4 is 16.1 Å². The third kappa shape index (κ3) is 3.25. The van der Waals surface area contributed by atoms with Crippen molar-refractivity contribution in [2.45, 2.75) is 13.0 Å². The van der Waals surface area contributed by atoms with Gasteiger partial charge in [0, 0.05) is 22.4 Å². The standard InChI is InChI=1S/C19H19N3O4/c1-11(18(24)22-26-2)16-19(25)20-14-9-5-3-7-12(14)17(21-16)13-8-4-6-10-15(13)23/h3-10,17,21,23H,1-2H3,(H,20,25)(H,22,24). The van der Waals surface area contributed by atoms with Gasteiger partial charge in [-0.3, -0.25) is 14.4 Å². The number of fused-ring (bicyclic) bond motifs is 1. The molecule has 0 aromatic heterocycles. The van der Waals surface area contributed by atoms with E-state index in [1.54, 1.807) is 36.4 Å².